The lowest BCUT2D eigenvalue weighted by molar-refractivity contribution is -0.144. The van der Waals surface area contributed by atoms with Crippen molar-refractivity contribution < 1.29 is 18.7 Å². The van der Waals surface area contributed by atoms with Crippen LogP contribution in [0.25, 0.3) is 11.0 Å². The second kappa shape index (κ2) is 9.54. The fourth-order valence-electron chi connectivity index (χ4n) is 3.99. The quantitative estimate of drug-likeness (QED) is 0.661. The van der Waals surface area contributed by atoms with Crippen molar-refractivity contribution in [1.82, 2.24) is 9.80 Å². The summed E-state index contributed by atoms with van der Waals surface area (Å²) in [5.41, 5.74) is 1.79. The number of hydrogen-bond donors (Lipinski definition) is 0. The molecule has 0 radical (unpaired) electrons. The molecule has 0 N–H and O–H groups in total. The summed E-state index contributed by atoms with van der Waals surface area (Å²) in [7, 11) is 0. The van der Waals surface area contributed by atoms with Gasteiger partial charge in [0.05, 0.1) is 5.39 Å². The molecule has 3 rings (SSSR count). The molecule has 2 heterocycles. The summed E-state index contributed by atoms with van der Waals surface area (Å²) in [5.74, 6) is 0.900. The Kier molecular flexibility index (Phi) is 7.03. The Morgan fingerprint density at radius 2 is 1.71 bits per heavy atom. The zero-order valence-electron chi connectivity index (χ0n) is 19.1. The van der Waals surface area contributed by atoms with Crippen LogP contribution in [0.5, 0.6) is 5.75 Å². The third kappa shape index (κ3) is 5.27. The summed E-state index contributed by atoms with van der Waals surface area (Å²) in [5, 5.41) is 0.733. The Balaban J connectivity index is 1.73. The number of nitrogens with zero attached hydrogens (tertiary/aromatic N) is 2. The Morgan fingerprint density at radius 1 is 1.06 bits per heavy atom. The fourth-order valence-corrected chi connectivity index (χ4v) is 3.99. The summed E-state index contributed by atoms with van der Waals surface area (Å²) >= 11 is 0. The van der Waals surface area contributed by atoms with E-state index in [4.69, 9.17) is 9.15 Å². The van der Waals surface area contributed by atoms with Crippen molar-refractivity contribution in [3.05, 3.63) is 39.7 Å². The lowest BCUT2D eigenvalue weighted by Crippen LogP contribution is -2.53. The molecule has 1 saturated heterocycles. The number of carbonyl (C=O) groups is 2. The molecule has 0 bridgehead atoms. The normalized spacial score (nSPS) is 15.4. The van der Waals surface area contributed by atoms with Gasteiger partial charge in [0.1, 0.15) is 11.3 Å². The summed E-state index contributed by atoms with van der Waals surface area (Å²) in [6.45, 7) is 11.7. The maximum atomic E-state index is 13.0. The van der Waals surface area contributed by atoms with Crippen LogP contribution in [0, 0.1) is 12.8 Å². The second-order valence-electron chi connectivity index (χ2n) is 8.64. The third-order valence-electron chi connectivity index (χ3n) is 5.59. The predicted molar refractivity (Wildman–Crippen MR) is 119 cm³/mol. The lowest BCUT2D eigenvalue weighted by Gasteiger charge is -2.36. The van der Waals surface area contributed by atoms with Gasteiger partial charge in [-0.3, -0.25) is 9.59 Å². The predicted octanol–water partition coefficient (Wildman–Crippen LogP) is 3.15. The van der Waals surface area contributed by atoms with E-state index in [2.05, 4.69) is 0 Å². The van der Waals surface area contributed by atoms with Crippen LogP contribution in [0.1, 0.15) is 45.2 Å². The van der Waals surface area contributed by atoms with Gasteiger partial charge < -0.3 is 19.0 Å². The molecule has 0 saturated carbocycles. The molecule has 1 aromatic heterocycles. The molecule has 31 heavy (non-hydrogen) atoms. The minimum Gasteiger partial charge on any atom is -0.480 e. The van der Waals surface area contributed by atoms with Gasteiger partial charge in [-0.15, -0.1) is 0 Å². The van der Waals surface area contributed by atoms with Crippen molar-refractivity contribution in [2.75, 3.05) is 26.2 Å². The van der Waals surface area contributed by atoms with Crippen molar-refractivity contribution in [1.29, 1.82) is 0 Å². The van der Waals surface area contributed by atoms with Gasteiger partial charge in [0.15, 0.2) is 6.10 Å². The van der Waals surface area contributed by atoms with E-state index in [-0.39, 0.29) is 11.8 Å². The summed E-state index contributed by atoms with van der Waals surface area (Å²) < 4.78 is 11.5. The third-order valence-corrected chi connectivity index (χ3v) is 5.59. The van der Waals surface area contributed by atoms with Gasteiger partial charge in [0.2, 0.25) is 5.91 Å². The number of carbonyl (C=O) groups excluding carboxylic acids is 2. The summed E-state index contributed by atoms with van der Waals surface area (Å²) in [6, 6.07) is 5.15. The first-order valence-electron chi connectivity index (χ1n) is 11.0. The first-order valence-corrected chi connectivity index (χ1v) is 11.0. The smallest absolute Gasteiger partial charge is 0.336 e. The molecule has 2 aromatic rings. The molecule has 2 amide bonds. The highest BCUT2D eigenvalue weighted by atomic mass is 16.5. The average Bonchev–Trinajstić information content (AvgIpc) is 2.71. The first kappa shape index (κ1) is 22.8. The molecule has 0 spiro atoms. The molecule has 1 aromatic carbocycles. The molecular formula is C24H32N2O5. The Bertz CT molecular complexity index is 1020. The molecular weight excluding hydrogens is 396 g/mol. The second-order valence-corrected chi connectivity index (χ2v) is 8.64. The van der Waals surface area contributed by atoms with Crippen LogP contribution in [0.3, 0.4) is 0 Å². The van der Waals surface area contributed by atoms with E-state index in [0.717, 1.165) is 16.5 Å². The monoisotopic (exact) mass is 428 g/mol. The molecule has 1 aliphatic rings. The van der Waals surface area contributed by atoms with Crippen LogP contribution in [-0.2, 0) is 16.0 Å². The molecule has 0 aliphatic carbocycles. The van der Waals surface area contributed by atoms with E-state index in [1.165, 1.54) is 6.07 Å². The van der Waals surface area contributed by atoms with Crippen molar-refractivity contribution in [3.8, 4) is 5.75 Å². The van der Waals surface area contributed by atoms with E-state index >= 15 is 0 Å². The number of hydrogen-bond acceptors (Lipinski definition) is 5. The Hall–Kier alpha value is -2.83. The van der Waals surface area contributed by atoms with E-state index in [1.54, 1.807) is 11.8 Å². The van der Waals surface area contributed by atoms with Gasteiger partial charge in [0, 0.05) is 38.7 Å². The summed E-state index contributed by atoms with van der Waals surface area (Å²) in [6.07, 6.45) is 0.486. The Morgan fingerprint density at radius 3 is 2.32 bits per heavy atom. The van der Waals surface area contributed by atoms with E-state index < -0.39 is 11.7 Å². The number of amides is 2. The number of aryl methyl sites for hydroxylation is 2. The molecule has 1 aliphatic heterocycles. The molecule has 168 valence electrons. The summed E-state index contributed by atoms with van der Waals surface area (Å²) in [4.78, 5) is 40.7. The SMILES string of the molecule is CCc1cc(=O)oc2cc(C)cc(OC(C)C(=O)N3CCN(C(=O)CC(C)C)CC3)c12. The van der Waals surface area contributed by atoms with Crippen LogP contribution >= 0.6 is 0 Å². The molecule has 1 atom stereocenters. The van der Waals surface area contributed by atoms with Crippen LogP contribution in [0.15, 0.2) is 27.4 Å². The number of benzene rings is 1. The highest BCUT2D eigenvalue weighted by Crippen LogP contribution is 2.31. The molecule has 7 nitrogen and oxygen atoms in total. The van der Waals surface area contributed by atoms with Gasteiger partial charge in [-0.05, 0) is 49.4 Å². The van der Waals surface area contributed by atoms with Crippen molar-refractivity contribution in [3.63, 3.8) is 0 Å². The molecule has 1 unspecified atom stereocenters. The minimum atomic E-state index is -0.695. The first-order chi connectivity index (χ1) is 14.7. The van der Waals surface area contributed by atoms with Gasteiger partial charge in [-0.2, -0.15) is 0 Å². The van der Waals surface area contributed by atoms with Gasteiger partial charge in [-0.1, -0.05) is 20.8 Å². The van der Waals surface area contributed by atoms with Crippen molar-refractivity contribution >= 4 is 22.8 Å². The van der Waals surface area contributed by atoms with Crippen LogP contribution in [0.2, 0.25) is 0 Å². The highest BCUT2D eigenvalue weighted by molar-refractivity contribution is 5.88. The van der Waals surface area contributed by atoms with Gasteiger partial charge in [0.25, 0.3) is 5.91 Å². The molecule has 7 heteroatoms. The van der Waals surface area contributed by atoms with E-state index in [9.17, 15) is 14.4 Å². The number of piperazine rings is 1. The zero-order valence-corrected chi connectivity index (χ0v) is 19.1. The zero-order chi connectivity index (χ0) is 22.7. The average molecular weight is 429 g/mol. The fraction of sp³-hybridized carbons (Fsp3) is 0.542. The van der Waals surface area contributed by atoms with Crippen molar-refractivity contribution in [2.24, 2.45) is 5.92 Å². The van der Waals surface area contributed by atoms with Crippen LogP contribution in [0.4, 0.5) is 0 Å². The molecule has 1 fully saturated rings. The van der Waals surface area contributed by atoms with Gasteiger partial charge >= 0.3 is 5.63 Å². The highest BCUT2D eigenvalue weighted by Gasteiger charge is 2.28. The van der Waals surface area contributed by atoms with Crippen LogP contribution in [-0.4, -0.2) is 53.9 Å². The lowest BCUT2D eigenvalue weighted by atomic mass is 10.0. The van der Waals surface area contributed by atoms with E-state index in [0.29, 0.717) is 56.3 Å². The number of ether oxygens (including phenoxy) is 1. The minimum absolute atomic E-state index is 0.110. The Labute approximate surface area is 183 Å². The maximum Gasteiger partial charge on any atom is 0.336 e. The number of fused-ring (bicyclic) bond motifs is 1. The maximum absolute atomic E-state index is 13.0. The topological polar surface area (TPSA) is 80.1 Å². The van der Waals surface area contributed by atoms with E-state index in [1.807, 2.05) is 44.7 Å². The van der Waals surface area contributed by atoms with Gasteiger partial charge in [-0.25, -0.2) is 4.79 Å². The van der Waals surface area contributed by atoms with Crippen molar-refractivity contribution in [2.45, 2.75) is 53.6 Å². The number of rotatable bonds is 6. The standard InChI is InChI=1S/C24H32N2O5/c1-6-18-14-22(28)31-20-13-16(4)12-19(23(18)20)30-17(5)24(29)26-9-7-25(8-10-26)21(27)11-15(2)3/h12-15,17H,6-11H2,1-5H3. The largest absolute Gasteiger partial charge is 0.480 e. The van der Waals surface area contributed by atoms with Crippen LogP contribution < -0.4 is 10.4 Å².